The standard InChI is InChI=1S/C16H22N4O2/c21-15(22)16-10-19(7-12-2-1-3-12)8-13(16)9-20(11-16)14-6-17-4-5-18-14/h4-6,12-13H,1-3,7-11H2,(H,21,22)/t13-,16-/m0/s1. The van der Waals surface area contributed by atoms with Crippen LogP contribution in [0.4, 0.5) is 5.82 Å². The molecule has 0 aromatic carbocycles. The van der Waals surface area contributed by atoms with Crippen molar-refractivity contribution in [2.24, 2.45) is 17.3 Å². The second kappa shape index (κ2) is 5.19. The second-order valence-electron chi connectivity index (χ2n) is 7.09. The molecule has 1 aliphatic carbocycles. The molecule has 0 radical (unpaired) electrons. The molecule has 6 nitrogen and oxygen atoms in total. The van der Waals surface area contributed by atoms with Crippen molar-refractivity contribution in [2.75, 3.05) is 37.6 Å². The number of carbonyl (C=O) groups is 1. The van der Waals surface area contributed by atoms with E-state index in [1.165, 1.54) is 19.3 Å². The topological polar surface area (TPSA) is 69.6 Å². The van der Waals surface area contributed by atoms with Crippen molar-refractivity contribution < 1.29 is 9.90 Å². The molecule has 2 saturated heterocycles. The number of aliphatic carboxylic acids is 1. The zero-order valence-corrected chi connectivity index (χ0v) is 12.7. The van der Waals surface area contributed by atoms with Crippen LogP contribution in [0.1, 0.15) is 19.3 Å². The van der Waals surface area contributed by atoms with Gasteiger partial charge in [-0.25, -0.2) is 4.98 Å². The van der Waals surface area contributed by atoms with Gasteiger partial charge >= 0.3 is 5.97 Å². The molecule has 4 rings (SSSR count). The predicted molar refractivity (Wildman–Crippen MR) is 81.6 cm³/mol. The number of nitrogens with zero attached hydrogens (tertiary/aromatic N) is 4. The summed E-state index contributed by atoms with van der Waals surface area (Å²) in [5.41, 5.74) is -0.638. The summed E-state index contributed by atoms with van der Waals surface area (Å²) in [5, 5.41) is 9.87. The fraction of sp³-hybridized carbons (Fsp3) is 0.688. The fourth-order valence-electron chi connectivity index (χ4n) is 4.28. The Balaban J connectivity index is 1.50. The molecule has 1 aromatic heterocycles. The number of carboxylic acid groups (broad SMARTS) is 1. The lowest BCUT2D eigenvalue weighted by Crippen LogP contribution is -2.42. The third-order valence-corrected chi connectivity index (χ3v) is 5.72. The first-order valence-electron chi connectivity index (χ1n) is 8.14. The molecule has 2 aliphatic heterocycles. The third kappa shape index (κ3) is 2.17. The number of fused-ring (bicyclic) bond motifs is 1. The summed E-state index contributed by atoms with van der Waals surface area (Å²) in [6.07, 6.45) is 9.00. The molecule has 0 amide bonds. The fourth-order valence-corrected chi connectivity index (χ4v) is 4.28. The van der Waals surface area contributed by atoms with Crippen molar-refractivity contribution in [3.05, 3.63) is 18.6 Å². The van der Waals surface area contributed by atoms with Crippen LogP contribution < -0.4 is 4.90 Å². The van der Waals surface area contributed by atoms with Gasteiger partial charge < -0.3 is 14.9 Å². The van der Waals surface area contributed by atoms with E-state index in [4.69, 9.17) is 0 Å². The van der Waals surface area contributed by atoms with E-state index in [-0.39, 0.29) is 5.92 Å². The molecule has 1 saturated carbocycles. The van der Waals surface area contributed by atoms with Gasteiger partial charge in [-0.15, -0.1) is 0 Å². The Morgan fingerprint density at radius 1 is 1.32 bits per heavy atom. The van der Waals surface area contributed by atoms with Crippen LogP contribution >= 0.6 is 0 Å². The molecular weight excluding hydrogens is 280 g/mol. The molecular formula is C16H22N4O2. The highest BCUT2D eigenvalue weighted by Gasteiger charge is 2.58. The molecule has 22 heavy (non-hydrogen) atoms. The van der Waals surface area contributed by atoms with E-state index in [0.717, 1.165) is 31.4 Å². The van der Waals surface area contributed by atoms with Gasteiger partial charge in [-0.3, -0.25) is 9.78 Å². The van der Waals surface area contributed by atoms with Crippen LogP contribution in [0, 0.1) is 17.3 Å². The minimum absolute atomic E-state index is 0.187. The number of hydrogen-bond acceptors (Lipinski definition) is 5. The molecule has 0 bridgehead atoms. The van der Waals surface area contributed by atoms with Crippen LogP contribution in [-0.2, 0) is 4.79 Å². The smallest absolute Gasteiger partial charge is 0.313 e. The molecule has 0 unspecified atom stereocenters. The Morgan fingerprint density at radius 3 is 2.77 bits per heavy atom. The summed E-state index contributed by atoms with van der Waals surface area (Å²) >= 11 is 0. The van der Waals surface area contributed by atoms with Gasteiger partial charge in [0.05, 0.1) is 6.20 Å². The predicted octanol–water partition coefficient (Wildman–Crippen LogP) is 1.10. The summed E-state index contributed by atoms with van der Waals surface area (Å²) in [7, 11) is 0. The third-order valence-electron chi connectivity index (χ3n) is 5.72. The number of hydrogen-bond donors (Lipinski definition) is 1. The quantitative estimate of drug-likeness (QED) is 0.898. The SMILES string of the molecule is O=C(O)[C@]12CN(CC3CCC3)C[C@H]1CN(c1cnccn1)C2. The van der Waals surface area contributed by atoms with E-state index >= 15 is 0 Å². The molecule has 3 fully saturated rings. The molecule has 1 aromatic rings. The van der Waals surface area contributed by atoms with Crippen molar-refractivity contribution in [1.29, 1.82) is 0 Å². The Bertz CT molecular complexity index is 563. The van der Waals surface area contributed by atoms with Gasteiger partial charge in [-0.05, 0) is 18.8 Å². The Labute approximate surface area is 130 Å². The monoisotopic (exact) mass is 302 g/mol. The Kier molecular flexibility index (Phi) is 3.29. The van der Waals surface area contributed by atoms with E-state index in [2.05, 4.69) is 19.8 Å². The highest BCUT2D eigenvalue weighted by Crippen LogP contribution is 2.44. The van der Waals surface area contributed by atoms with Gasteiger partial charge in [-0.1, -0.05) is 6.42 Å². The summed E-state index contributed by atoms with van der Waals surface area (Å²) in [5.74, 6) is 1.12. The van der Waals surface area contributed by atoms with Gasteiger partial charge in [0.2, 0.25) is 0 Å². The summed E-state index contributed by atoms with van der Waals surface area (Å²) in [6.45, 7) is 3.98. The van der Waals surface area contributed by atoms with Gasteiger partial charge in [0.1, 0.15) is 11.2 Å². The van der Waals surface area contributed by atoms with Crippen LogP contribution in [0.3, 0.4) is 0 Å². The van der Waals surface area contributed by atoms with Gasteiger partial charge in [0.15, 0.2) is 0 Å². The van der Waals surface area contributed by atoms with E-state index in [9.17, 15) is 9.90 Å². The summed E-state index contributed by atoms with van der Waals surface area (Å²) in [4.78, 5) is 24.9. The maximum atomic E-state index is 12.0. The normalized spacial score (nSPS) is 32.0. The van der Waals surface area contributed by atoms with Gasteiger partial charge in [0, 0.05) is 51.0 Å². The molecule has 3 aliphatic rings. The number of rotatable bonds is 4. The Morgan fingerprint density at radius 2 is 2.18 bits per heavy atom. The summed E-state index contributed by atoms with van der Waals surface area (Å²) < 4.78 is 0. The maximum absolute atomic E-state index is 12.0. The van der Waals surface area contributed by atoms with Crippen LogP contribution in [0.15, 0.2) is 18.6 Å². The first kappa shape index (κ1) is 13.9. The van der Waals surface area contributed by atoms with Crippen LogP contribution in [0.5, 0.6) is 0 Å². The van der Waals surface area contributed by atoms with E-state index in [0.29, 0.717) is 13.1 Å². The van der Waals surface area contributed by atoms with Crippen LogP contribution in [0.2, 0.25) is 0 Å². The minimum Gasteiger partial charge on any atom is -0.481 e. The van der Waals surface area contributed by atoms with E-state index < -0.39 is 11.4 Å². The number of likely N-dealkylation sites (tertiary alicyclic amines) is 1. The lowest BCUT2D eigenvalue weighted by atomic mass is 9.81. The van der Waals surface area contributed by atoms with Crippen molar-refractivity contribution in [3.63, 3.8) is 0 Å². The van der Waals surface area contributed by atoms with Crippen LogP contribution in [0.25, 0.3) is 0 Å². The second-order valence-corrected chi connectivity index (χ2v) is 7.09. The van der Waals surface area contributed by atoms with Crippen molar-refractivity contribution in [1.82, 2.24) is 14.9 Å². The molecule has 118 valence electrons. The molecule has 3 heterocycles. The average Bonchev–Trinajstić information content (AvgIpc) is 2.98. The first-order valence-corrected chi connectivity index (χ1v) is 8.14. The van der Waals surface area contributed by atoms with Crippen molar-refractivity contribution >= 4 is 11.8 Å². The largest absolute Gasteiger partial charge is 0.481 e. The average molecular weight is 302 g/mol. The highest BCUT2D eigenvalue weighted by atomic mass is 16.4. The molecule has 1 N–H and O–H groups in total. The van der Waals surface area contributed by atoms with Crippen molar-refractivity contribution in [2.45, 2.75) is 19.3 Å². The Hall–Kier alpha value is -1.69. The first-order chi connectivity index (χ1) is 10.7. The highest BCUT2D eigenvalue weighted by molar-refractivity contribution is 5.78. The lowest BCUT2D eigenvalue weighted by Gasteiger charge is -2.31. The van der Waals surface area contributed by atoms with Gasteiger partial charge in [-0.2, -0.15) is 0 Å². The number of anilines is 1. The van der Waals surface area contributed by atoms with Crippen molar-refractivity contribution in [3.8, 4) is 0 Å². The van der Waals surface area contributed by atoms with E-state index in [1.54, 1.807) is 18.6 Å². The maximum Gasteiger partial charge on any atom is 0.313 e. The molecule has 6 heteroatoms. The van der Waals surface area contributed by atoms with Gasteiger partial charge in [0.25, 0.3) is 0 Å². The zero-order chi connectivity index (χ0) is 15.2. The number of aromatic nitrogens is 2. The molecule has 0 spiro atoms. The van der Waals surface area contributed by atoms with Crippen LogP contribution in [-0.4, -0.2) is 58.7 Å². The number of carboxylic acids is 1. The zero-order valence-electron chi connectivity index (χ0n) is 12.7. The lowest BCUT2D eigenvalue weighted by molar-refractivity contribution is -0.148. The molecule has 2 atom stereocenters. The summed E-state index contributed by atoms with van der Waals surface area (Å²) in [6, 6.07) is 0. The minimum atomic E-state index is -0.653. The van der Waals surface area contributed by atoms with E-state index in [1.807, 2.05) is 0 Å².